The highest BCUT2D eigenvalue weighted by Crippen LogP contribution is 2.18. The third kappa shape index (κ3) is 8.21. The van der Waals surface area contributed by atoms with Gasteiger partial charge in [-0.25, -0.2) is 4.79 Å². The van der Waals surface area contributed by atoms with Gasteiger partial charge >= 0.3 is 6.09 Å². The van der Waals surface area contributed by atoms with Crippen molar-refractivity contribution in [3.05, 3.63) is 35.9 Å². The SMILES string of the molecule is C[C@@H](CNC(=O)CC(C)(C)CO)NC(=O)OCc1ccccc1. The molecule has 6 nitrogen and oxygen atoms in total. The largest absolute Gasteiger partial charge is 0.445 e. The van der Waals surface area contributed by atoms with Crippen molar-refractivity contribution >= 4 is 12.0 Å². The highest BCUT2D eigenvalue weighted by atomic mass is 16.5. The van der Waals surface area contributed by atoms with Crippen LogP contribution < -0.4 is 10.6 Å². The van der Waals surface area contributed by atoms with Crippen molar-refractivity contribution in [2.75, 3.05) is 13.2 Å². The Hall–Kier alpha value is -2.08. The van der Waals surface area contributed by atoms with Crippen LogP contribution in [-0.4, -0.2) is 36.3 Å². The first-order chi connectivity index (χ1) is 10.8. The number of aliphatic hydroxyl groups excluding tert-OH is 1. The number of nitrogens with one attached hydrogen (secondary N) is 2. The summed E-state index contributed by atoms with van der Waals surface area (Å²) in [5.41, 5.74) is 0.463. The fourth-order valence-corrected chi connectivity index (χ4v) is 1.84. The smallest absolute Gasteiger partial charge is 0.407 e. The Kier molecular flexibility index (Phi) is 7.54. The third-order valence-electron chi connectivity index (χ3n) is 3.25. The second kappa shape index (κ2) is 9.15. The van der Waals surface area contributed by atoms with E-state index in [1.165, 1.54) is 0 Å². The summed E-state index contributed by atoms with van der Waals surface area (Å²) in [6.07, 6.45) is -0.291. The Morgan fingerprint density at radius 2 is 1.91 bits per heavy atom. The molecule has 1 rings (SSSR count). The molecule has 0 aliphatic carbocycles. The van der Waals surface area contributed by atoms with Crippen LogP contribution in [0.15, 0.2) is 30.3 Å². The van der Waals surface area contributed by atoms with E-state index in [0.717, 1.165) is 5.56 Å². The number of aliphatic hydroxyl groups is 1. The minimum atomic E-state index is -0.522. The van der Waals surface area contributed by atoms with Gasteiger partial charge in [-0.2, -0.15) is 0 Å². The molecule has 0 unspecified atom stereocenters. The van der Waals surface area contributed by atoms with Crippen molar-refractivity contribution in [1.29, 1.82) is 0 Å². The van der Waals surface area contributed by atoms with Gasteiger partial charge in [-0.1, -0.05) is 44.2 Å². The van der Waals surface area contributed by atoms with Gasteiger partial charge in [-0.15, -0.1) is 0 Å². The molecule has 3 N–H and O–H groups in total. The number of amides is 2. The topological polar surface area (TPSA) is 87.7 Å². The zero-order valence-electron chi connectivity index (χ0n) is 14.0. The minimum absolute atomic E-state index is 0.0555. The molecule has 0 bridgehead atoms. The first kappa shape index (κ1) is 19.0. The van der Waals surface area contributed by atoms with Crippen molar-refractivity contribution in [2.24, 2.45) is 5.41 Å². The lowest BCUT2D eigenvalue weighted by molar-refractivity contribution is -0.123. The van der Waals surface area contributed by atoms with Crippen LogP contribution in [0.25, 0.3) is 0 Å². The van der Waals surface area contributed by atoms with E-state index in [9.17, 15) is 9.59 Å². The molecular weight excluding hydrogens is 296 g/mol. The molecule has 0 radical (unpaired) electrons. The quantitative estimate of drug-likeness (QED) is 0.681. The molecule has 1 aromatic carbocycles. The predicted molar refractivity (Wildman–Crippen MR) is 87.7 cm³/mol. The highest BCUT2D eigenvalue weighted by molar-refractivity contribution is 5.76. The molecule has 6 heteroatoms. The van der Waals surface area contributed by atoms with E-state index in [-0.39, 0.29) is 31.6 Å². The van der Waals surface area contributed by atoms with Gasteiger partial charge in [0.05, 0.1) is 0 Å². The van der Waals surface area contributed by atoms with E-state index in [1.54, 1.807) is 6.92 Å². The van der Waals surface area contributed by atoms with Crippen LogP contribution >= 0.6 is 0 Å². The van der Waals surface area contributed by atoms with Gasteiger partial charge in [0.1, 0.15) is 6.61 Å². The van der Waals surface area contributed by atoms with Crippen LogP contribution in [0, 0.1) is 5.41 Å². The van der Waals surface area contributed by atoms with Crippen LogP contribution in [0.5, 0.6) is 0 Å². The Bertz CT molecular complexity index is 503. The van der Waals surface area contributed by atoms with Gasteiger partial charge in [0.2, 0.25) is 5.91 Å². The van der Waals surface area contributed by atoms with E-state index in [0.29, 0.717) is 6.54 Å². The van der Waals surface area contributed by atoms with E-state index in [4.69, 9.17) is 9.84 Å². The van der Waals surface area contributed by atoms with Gasteiger partial charge < -0.3 is 20.5 Å². The fraction of sp³-hybridized carbons (Fsp3) is 0.529. The van der Waals surface area contributed by atoms with Gasteiger partial charge in [0, 0.05) is 25.6 Å². The van der Waals surface area contributed by atoms with Crippen molar-refractivity contribution in [3.63, 3.8) is 0 Å². The number of benzene rings is 1. The minimum Gasteiger partial charge on any atom is -0.445 e. The third-order valence-corrected chi connectivity index (χ3v) is 3.25. The zero-order valence-corrected chi connectivity index (χ0v) is 14.0. The lowest BCUT2D eigenvalue weighted by atomic mass is 9.90. The number of hydrogen-bond acceptors (Lipinski definition) is 4. The molecule has 1 aromatic rings. The van der Waals surface area contributed by atoms with Crippen molar-refractivity contribution in [1.82, 2.24) is 10.6 Å². The van der Waals surface area contributed by atoms with Gasteiger partial charge in [0.25, 0.3) is 0 Å². The summed E-state index contributed by atoms with van der Waals surface area (Å²) in [6, 6.07) is 9.15. The molecule has 0 aromatic heterocycles. The molecule has 0 fully saturated rings. The number of carbonyl (C=O) groups is 2. The monoisotopic (exact) mass is 322 g/mol. The number of carbonyl (C=O) groups excluding carboxylic acids is 2. The summed E-state index contributed by atoms with van der Waals surface area (Å²) in [5, 5.41) is 14.5. The summed E-state index contributed by atoms with van der Waals surface area (Å²) in [7, 11) is 0. The molecule has 0 saturated carbocycles. The normalized spacial score (nSPS) is 12.3. The Balaban J connectivity index is 2.24. The molecule has 0 saturated heterocycles. The zero-order chi connectivity index (χ0) is 17.3. The van der Waals surface area contributed by atoms with Gasteiger partial charge in [0.15, 0.2) is 0 Å². The number of alkyl carbamates (subject to hydrolysis) is 1. The lowest BCUT2D eigenvalue weighted by Gasteiger charge is -2.21. The first-order valence-corrected chi connectivity index (χ1v) is 7.67. The molecule has 23 heavy (non-hydrogen) atoms. The summed E-state index contributed by atoms with van der Waals surface area (Å²) in [4.78, 5) is 23.4. The average molecular weight is 322 g/mol. The van der Waals surface area contributed by atoms with Crippen molar-refractivity contribution in [2.45, 2.75) is 39.8 Å². The molecule has 0 aliphatic heterocycles. The first-order valence-electron chi connectivity index (χ1n) is 7.67. The van der Waals surface area contributed by atoms with Crippen LogP contribution in [0.1, 0.15) is 32.8 Å². The van der Waals surface area contributed by atoms with E-state index in [2.05, 4.69) is 10.6 Å². The summed E-state index contributed by atoms with van der Waals surface area (Å²) in [6.45, 7) is 5.86. The van der Waals surface area contributed by atoms with Gasteiger partial charge in [-0.05, 0) is 17.9 Å². The van der Waals surface area contributed by atoms with Crippen LogP contribution in [-0.2, 0) is 16.1 Å². The number of rotatable bonds is 8. The summed E-state index contributed by atoms with van der Waals surface area (Å²) >= 11 is 0. The number of hydrogen-bond donors (Lipinski definition) is 3. The van der Waals surface area contributed by atoms with Crippen LogP contribution in [0.2, 0.25) is 0 Å². The predicted octanol–water partition coefficient (Wildman–Crippen LogP) is 1.83. The Morgan fingerprint density at radius 1 is 1.26 bits per heavy atom. The lowest BCUT2D eigenvalue weighted by Crippen LogP contribution is -2.43. The second-order valence-electron chi connectivity index (χ2n) is 6.41. The molecule has 0 spiro atoms. The fourth-order valence-electron chi connectivity index (χ4n) is 1.84. The van der Waals surface area contributed by atoms with Crippen LogP contribution in [0.3, 0.4) is 0 Å². The second-order valence-corrected chi connectivity index (χ2v) is 6.41. The summed E-state index contributed by atoms with van der Waals surface area (Å²) < 4.78 is 5.11. The molecule has 0 heterocycles. The molecule has 0 aliphatic rings. The maximum atomic E-state index is 11.8. The standard InChI is InChI=1S/C17H26N2O4/c1-13(10-18-15(21)9-17(2,3)12-20)19-16(22)23-11-14-7-5-4-6-8-14/h4-8,13,20H,9-12H2,1-3H3,(H,18,21)(H,19,22)/t13-/m0/s1. The van der Waals surface area contributed by atoms with Crippen molar-refractivity contribution in [3.8, 4) is 0 Å². The molecular formula is C17H26N2O4. The highest BCUT2D eigenvalue weighted by Gasteiger charge is 2.21. The molecule has 128 valence electrons. The Morgan fingerprint density at radius 3 is 2.52 bits per heavy atom. The van der Waals surface area contributed by atoms with E-state index in [1.807, 2.05) is 44.2 Å². The maximum absolute atomic E-state index is 11.8. The molecule has 2 amide bonds. The Labute approximate surface area is 137 Å². The van der Waals surface area contributed by atoms with Crippen LogP contribution in [0.4, 0.5) is 4.79 Å². The maximum Gasteiger partial charge on any atom is 0.407 e. The van der Waals surface area contributed by atoms with E-state index < -0.39 is 11.5 Å². The molecule has 1 atom stereocenters. The summed E-state index contributed by atoms with van der Waals surface area (Å²) in [5.74, 6) is -0.157. The van der Waals surface area contributed by atoms with Crippen molar-refractivity contribution < 1.29 is 19.4 Å². The average Bonchev–Trinajstić information content (AvgIpc) is 2.51. The van der Waals surface area contributed by atoms with Gasteiger partial charge in [-0.3, -0.25) is 4.79 Å². The van der Waals surface area contributed by atoms with E-state index >= 15 is 0 Å². The number of ether oxygens (including phenoxy) is 1.